The predicted molar refractivity (Wildman–Crippen MR) is 92.8 cm³/mol. The van der Waals surface area contributed by atoms with Gasteiger partial charge in [0.15, 0.2) is 0 Å². The summed E-state index contributed by atoms with van der Waals surface area (Å²) >= 11 is 1.46. The number of ether oxygens (including phenoxy) is 1. The normalized spacial score (nSPS) is 25.1. The number of anilines is 1. The molecule has 2 aromatic rings. The van der Waals surface area contributed by atoms with Crippen LogP contribution >= 0.6 is 11.3 Å². The maximum absolute atomic E-state index is 12.9. The van der Waals surface area contributed by atoms with Gasteiger partial charge in [0, 0.05) is 42.7 Å². The van der Waals surface area contributed by atoms with Gasteiger partial charge in [0.05, 0.1) is 30.5 Å². The van der Waals surface area contributed by atoms with E-state index < -0.39 is 0 Å². The molecule has 0 saturated carbocycles. The number of thiazole rings is 1. The Balaban J connectivity index is 1.45. The van der Waals surface area contributed by atoms with Crippen LogP contribution in [0, 0.1) is 0 Å². The molecule has 3 aliphatic heterocycles. The van der Waals surface area contributed by atoms with Gasteiger partial charge in [-0.1, -0.05) is 0 Å². The smallest absolute Gasteiger partial charge is 0.274 e. The van der Waals surface area contributed by atoms with Crippen molar-refractivity contribution in [2.75, 3.05) is 31.2 Å². The van der Waals surface area contributed by atoms with Crippen molar-refractivity contribution in [1.29, 1.82) is 0 Å². The largest absolute Gasteiger partial charge is 0.378 e. The van der Waals surface area contributed by atoms with E-state index in [-0.39, 0.29) is 18.0 Å². The summed E-state index contributed by atoms with van der Waals surface area (Å²) < 4.78 is 5.41. The second kappa shape index (κ2) is 6.03. The van der Waals surface area contributed by atoms with Crippen LogP contribution in [0.5, 0.6) is 0 Å². The van der Waals surface area contributed by atoms with Crippen molar-refractivity contribution in [3.8, 4) is 0 Å². The van der Waals surface area contributed by atoms with Gasteiger partial charge in [0.2, 0.25) is 5.95 Å². The fraction of sp³-hybridized carbons (Fsp3) is 0.529. The second-order valence-electron chi connectivity index (χ2n) is 6.71. The first-order valence-electron chi connectivity index (χ1n) is 8.70. The van der Waals surface area contributed by atoms with Gasteiger partial charge in [-0.25, -0.2) is 15.0 Å². The molecule has 0 N–H and O–H groups in total. The number of nitrogens with zero attached hydrogens (tertiary/aromatic N) is 5. The Morgan fingerprint density at radius 1 is 1.24 bits per heavy atom. The van der Waals surface area contributed by atoms with Crippen molar-refractivity contribution in [3.63, 3.8) is 0 Å². The molecule has 0 radical (unpaired) electrons. The molecule has 2 saturated heterocycles. The van der Waals surface area contributed by atoms with Gasteiger partial charge in [0.1, 0.15) is 5.69 Å². The fourth-order valence-electron chi connectivity index (χ4n) is 4.14. The van der Waals surface area contributed by atoms with E-state index in [1.54, 1.807) is 5.51 Å². The molecule has 2 aromatic heterocycles. The highest BCUT2D eigenvalue weighted by molar-refractivity contribution is 7.07. The lowest BCUT2D eigenvalue weighted by atomic mass is 9.99. The first-order chi connectivity index (χ1) is 12.3. The Bertz CT molecular complexity index is 790. The maximum Gasteiger partial charge on any atom is 0.274 e. The zero-order chi connectivity index (χ0) is 16.8. The minimum Gasteiger partial charge on any atom is -0.378 e. The number of fused-ring (bicyclic) bond motifs is 4. The van der Waals surface area contributed by atoms with Crippen molar-refractivity contribution in [3.05, 3.63) is 34.0 Å². The van der Waals surface area contributed by atoms with Crippen LogP contribution in [0.15, 0.2) is 17.1 Å². The molecule has 3 aliphatic rings. The number of morpholine rings is 1. The summed E-state index contributed by atoms with van der Waals surface area (Å²) in [6.45, 7) is 3.11. The zero-order valence-electron chi connectivity index (χ0n) is 13.8. The van der Waals surface area contributed by atoms with E-state index in [0.717, 1.165) is 62.8 Å². The topological polar surface area (TPSA) is 71.5 Å². The molecule has 2 unspecified atom stereocenters. The first-order valence-corrected chi connectivity index (χ1v) is 9.65. The average Bonchev–Trinajstić information content (AvgIpc) is 3.29. The number of carbonyl (C=O) groups is 1. The molecule has 5 heterocycles. The minimum atomic E-state index is 0.0386. The molecule has 2 fully saturated rings. The molecule has 7 nitrogen and oxygen atoms in total. The molecular formula is C17H19N5O2S. The quantitative estimate of drug-likeness (QED) is 0.814. The van der Waals surface area contributed by atoms with Crippen LogP contribution in [0.1, 0.15) is 40.6 Å². The number of aromatic nitrogens is 3. The number of amides is 1. The van der Waals surface area contributed by atoms with Crippen LogP contribution in [0.2, 0.25) is 0 Å². The number of rotatable bonds is 2. The highest BCUT2D eigenvalue weighted by atomic mass is 32.1. The lowest BCUT2D eigenvalue weighted by molar-refractivity contribution is 0.0638. The van der Waals surface area contributed by atoms with Gasteiger partial charge in [-0.3, -0.25) is 4.79 Å². The third kappa shape index (κ3) is 2.51. The number of carbonyl (C=O) groups excluding carboxylic acids is 1. The van der Waals surface area contributed by atoms with E-state index in [9.17, 15) is 4.79 Å². The molecule has 2 bridgehead atoms. The molecule has 0 aromatic carbocycles. The van der Waals surface area contributed by atoms with E-state index in [0.29, 0.717) is 5.69 Å². The molecule has 0 spiro atoms. The summed E-state index contributed by atoms with van der Waals surface area (Å²) in [7, 11) is 0. The molecular weight excluding hydrogens is 338 g/mol. The standard InChI is InChI=1S/C17H19N5O2S/c23-16(14-9-25-10-19-14)22-11-1-2-15(22)12-8-18-17(20-13(12)7-11)21-3-5-24-6-4-21/h8-11,15H,1-7H2. The lowest BCUT2D eigenvalue weighted by Gasteiger charge is -2.36. The number of hydrogen-bond donors (Lipinski definition) is 0. The van der Waals surface area contributed by atoms with Crippen LogP contribution in [0.3, 0.4) is 0 Å². The average molecular weight is 357 g/mol. The molecule has 2 atom stereocenters. The van der Waals surface area contributed by atoms with Crippen LogP contribution < -0.4 is 4.90 Å². The summed E-state index contributed by atoms with van der Waals surface area (Å²) in [5, 5.41) is 1.83. The maximum atomic E-state index is 12.9. The SMILES string of the molecule is O=C(c1cscn1)N1C2CCC1c1cnc(N3CCOCC3)nc1C2. The third-order valence-corrected chi connectivity index (χ3v) is 5.94. The second-order valence-corrected chi connectivity index (χ2v) is 7.43. The first kappa shape index (κ1) is 15.2. The third-order valence-electron chi connectivity index (χ3n) is 5.36. The molecule has 25 heavy (non-hydrogen) atoms. The van der Waals surface area contributed by atoms with Gasteiger partial charge in [-0.2, -0.15) is 0 Å². The van der Waals surface area contributed by atoms with Crippen molar-refractivity contribution in [2.45, 2.75) is 31.3 Å². The van der Waals surface area contributed by atoms with E-state index >= 15 is 0 Å². The summed E-state index contributed by atoms with van der Waals surface area (Å²) in [4.78, 5) is 30.7. The van der Waals surface area contributed by atoms with E-state index in [1.807, 2.05) is 16.5 Å². The van der Waals surface area contributed by atoms with Crippen molar-refractivity contribution in [1.82, 2.24) is 19.9 Å². The van der Waals surface area contributed by atoms with Gasteiger partial charge < -0.3 is 14.5 Å². The van der Waals surface area contributed by atoms with E-state index in [2.05, 4.69) is 14.9 Å². The molecule has 5 rings (SSSR count). The lowest BCUT2D eigenvalue weighted by Crippen LogP contribution is -2.43. The monoisotopic (exact) mass is 357 g/mol. The van der Waals surface area contributed by atoms with Crippen LogP contribution in [0.25, 0.3) is 0 Å². The Hall–Kier alpha value is -2.06. The highest BCUT2D eigenvalue weighted by Gasteiger charge is 2.44. The Morgan fingerprint density at radius 2 is 2.12 bits per heavy atom. The fourth-order valence-corrected chi connectivity index (χ4v) is 4.67. The van der Waals surface area contributed by atoms with Crippen molar-refractivity contribution >= 4 is 23.2 Å². The number of hydrogen-bond acceptors (Lipinski definition) is 7. The van der Waals surface area contributed by atoms with Gasteiger partial charge >= 0.3 is 0 Å². The molecule has 0 aliphatic carbocycles. The molecule has 130 valence electrons. The van der Waals surface area contributed by atoms with Crippen LogP contribution in [-0.4, -0.2) is 58.1 Å². The summed E-state index contributed by atoms with van der Waals surface area (Å²) in [6, 6.07) is 0.306. The zero-order valence-corrected chi connectivity index (χ0v) is 14.6. The molecule has 8 heteroatoms. The summed E-state index contributed by atoms with van der Waals surface area (Å²) in [5.41, 5.74) is 4.47. The summed E-state index contributed by atoms with van der Waals surface area (Å²) in [5.74, 6) is 0.831. The Morgan fingerprint density at radius 3 is 2.92 bits per heavy atom. The Kier molecular flexibility index (Phi) is 3.67. The van der Waals surface area contributed by atoms with Gasteiger partial charge in [0.25, 0.3) is 5.91 Å². The van der Waals surface area contributed by atoms with Gasteiger partial charge in [-0.05, 0) is 12.8 Å². The molecule has 1 amide bonds. The Labute approximate surface area is 149 Å². The van der Waals surface area contributed by atoms with Crippen molar-refractivity contribution in [2.24, 2.45) is 0 Å². The van der Waals surface area contributed by atoms with Crippen LogP contribution in [0.4, 0.5) is 5.95 Å². The van der Waals surface area contributed by atoms with E-state index in [1.165, 1.54) is 11.3 Å². The van der Waals surface area contributed by atoms with Crippen molar-refractivity contribution < 1.29 is 9.53 Å². The highest BCUT2D eigenvalue weighted by Crippen LogP contribution is 2.43. The van der Waals surface area contributed by atoms with Gasteiger partial charge in [-0.15, -0.1) is 11.3 Å². The summed E-state index contributed by atoms with van der Waals surface area (Å²) in [6.07, 6.45) is 4.74. The van der Waals surface area contributed by atoms with Crippen LogP contribution in [-0.2, 0) is 11.2 Å². The van der Waals surface area contributed by atoms with E-state index in [4.69, 9.17) is 9.72 Å². The predicted octanol–water partition coefficient (Wildman–Crippen LogP) is 1.67. The minimum absolute atomic E-state index is 0.0386.